The Morgan fingerprint density at radius 3 is 2.32 bits per heavy atom. The zero-order valence-corrected chi connectivity index (χ0v) is 20.2. The summed E-state index contributed by atoms with van der Waals surface area (Å²) in [6, 6.07) is 18.4. The molecule has 2 aliphatic rings. The summed E-state index contributed by atoms with van der Waals surface area (Å²) in [5.41, 5.74) is 3.96. The second kappa shape index (κ2) is 8.17. The number of nitrogens with one attached hydrogen (secondary N) is 1. The Morgan fingerprint density at radius 1 is 0.941 bits per heavy atom. The summed E-state index contributed by atoms with van der Waals surface area (Å²) in [6.45, 7) is 5.55. The molecule has 1 heterocycles. The minimum Gasteiger partial charge on any atom is -0.454 e. The lowest BCUT2D eigenvalue weighted by molar-refractivity contribution is -0.118. The molecule has 176 valence electrons. The van der Waals surface area contributed by atoms with Crippen molar-refractivity contribution in [3.63, 3.8) is 0 Å². The number of benzene rings is 3. The van der Waals surface area contributed by atoms with Crippen molar-refractivity contribution in [2.45, 2.75) is 49.2 Å². The van der Waals surface area contributed by atoms with Gasteiger partial charge in [0.15, 0.2) is 21.3 Å². The highest BCUT2D eigenvalue weighted by molar-refractivity contribution is 7.92. The van der Waals surface area contributed by atoms with E-state index in [1.165, 1.54) is 0 Å². The van der Waals surface area contributed by atoms with Crippen LogP contribution in [-0.2, 0) is 20.0 Å². The van der Waals surface area contributed by atoms with Gasteiger partial charge in [-0.25, -0.2) is 8.42 Å². The second-order valence-corrected chi connectivity index (χ2v) is 11.8. The summed E-state index contributed by atoms with van der Waals surface area (Å²) in [5, 5.41) is 2.62. The number of sulfone groups is 1. The fourth-order valence-electron chi connectivity index (χ4n) is 4.32. The molecule has 1 amide bonds. The minimum atomic E-state index is -3.32. The highest BCUT2D eigenvalue weighted by atomic mass is 32.2. The van der Waals surface area contributed by atoms with Crippen LogP contribution in [0.3, 0.4) is 0 Å². The Morgan fingerprint density at radius 2 is 1.65 bits per heavy atom. The van der Waals surface area contributed by atoms with E-state index in [4.69, 9.17) is 9.47 Å². The molecule has 6 nitrogen and oxygen atoms in total. The maximum Gasteiger partial charge on any atom is 0.235 e. The van der Waals surface area contributed by atoms with E-state index in [1.807, 2.05) is 55.5 Å². The van der Waals surface area contributed by atoms with E-state index >= 15 is 0 Å². The number of carbonyl (C=O) groups excluding carboxylic acids is 1. The van der Waals surface area contributed by atoms with E-state index < -0.39 is 20.5 Å². The molecule has 0 atom stereocenters. The predicted molar refractivity (Wildman–Crippen MR) is 131 cm³/mol. The van der Waals surface area contributed by atoms with Crippen molar-refractivity contribution < 1.29 is 22.7 Å². The van der Waals surface area contributed by atoms with Gasteiger partial charge in [-0.1, -0.05) is 24.3 Å². The zero-order chi connectivity index (χ0) is 24.1. The van der Waals surface area contributed by atoms with Gasteiger partial charge in [-0.05, 0) is 92.3 Å². The molecule has 1 aliphatic heterocycles. The maximum absolute atomic E-state index is 13.3. The molecule has 1 saturated carbocycles. The van der Waals surface area contributed by atoms with Crippen molar-refractivity contribution in [1.29, 1.82) is 0 Å². The summed E-state index contributed by atoms with van der Waals surface area (Å²) < 4.78 is 35.8. The van der Waals surface area contributed by atoms with Crippen molar-refractivity contribution in [1.82, 2.24) is 0 Å². The van der Waals surface area contributed by atoms with Crippen LogP contribution < -0.4 is 14.8 Å². The van der Waals surface area contributed by atoms with Crippen LogP contribution in [0, 0.1) is 6.92 Å². The summed E-state index contributed by atoms with van der Waals surface area (Å²) in [4.78, 5) is 13.6. The van der Waals surface area contributed by atoms with E-state index in [9.17, 15) is 13.2 Å². The van der Waals surface area contributed by atoms with Crippen LogP contribution >= 0.6 is 0 Å². The Kier molecular flexibility index (Phi) is 5.40. The van der Waals surface area contributed by atoms with Gasteiger partial charge in [0, 0.05) is 5.69 Å². The molecule has 34 heavy (non-hydrogen) atoms. The molecular weight excluding hydrogens is 450 g/mol. The van der Waals surface area contributed by atoms with Crippen LogP contribution in [0.2, 0.25) is 0 Å². The fraction of sp³-hybridized carbons (Fsp3) is 0.296. The van der Waals surface area contributed by atoms with Gasteiger partial charge in [-0.2, -0.15) is 0 Å². The van der Waals surface area contributed by atoms with Gasteiger partial charge in [-0.3, -0.25) is 4.79 Å². The van der Waals surface area contributed by atoms with Crippen molar-refractivity contribution in [3.05, 3.63) is 71.8 Å². The summed E-state index contributed by atoms with van der Waals surface area (Å²) in [6.07, 6.45) is 1.56. The standard InChI is InChI=1S/C27H27NO5S/c1-17(2)34(30,31)22-9-5-19(6-10-22)23-15-21(8-4-18(23)3)28-26(29)27(12-13-27)20-7-11-24-25(14-20)33-16-32-24/h4-11,14-15,17H,12-13,16H2,1-3H3,(H,28,29). The topological polar surface area (TPSA) is 81.7 Å². The van der Waals surface area contributed by atoms with Gasteiger partial charge < -0.3 is 14.8 Å². The highest BCUT2D eigenvalue weighted by Crippen LogP contribution is 2.51. The number of hydrogen-bond donors (Lipinski definition) is 1. The molecule has 0 saturated heterocycles. The van der Waals surface area contributed by atoms with Crippen molar-refractivity contribution in [2.75, 3.05) is 12.1 Å². The van der Waals surface area contributed by atoms with Gasteiger partial charge in [-0.15, -0.1) is 0 Å². The maximum atomic E-state index is 13.3. The minimum absolute atomic E-state index is 0.0421. The molecule has 5 rings (SSSR count). The van der Waals surface area contributed by atoms with Crippen LogP contribution in [0.25, 0.3) is 11.1 Å². The van der Waals surface area contributed by atoms with Gasteiger partial charge in [0.05, 0.1) is 15.6 Å². The van der Waals surface area contributed by atoms with Gasteiger partial charge in [0.2, 0.25) is 12.7 Å². The Labute approximate surface area is 199 Å². The second-order valence-electron chi connectivity index (χ2n) is 9.25. The van der Waals surface area contributed by atoms with Crippen molar-refractivity contribution in [2.24, 2.45) is 0 Å². The van der Waals surface area contributed by atoms with Crippen molar-refractivity contribution >= 4 is 21.4 Å². The number of hydrogen-bond acceptors (Lipinski definition) is 5. The molecule has 0 radical (unpaired) electrons. The zero-order valence-electron chi connectivity index (χ0n) is 19.4. The van der Waals surface area contributed by atoms with E-state index in [0.29, 0.717) is 22.1 Å². The summed E-state index contributed by atoms with van der Waals surface area (Å²) >= 11 is 0. The summed E-state index contributed by atoms with van der Waals surface area (Å²) in [7, 11) is -3.32. The number of amides is 1. The Balaban J connectivity index is 1.39. The lowest BCUT2D eigenvalue weighted by Gasteiger charge is -2.17. The van der Waals surface area contributed by atoms with Crippen LogP contribution in [0.15, 0.2) is 65.6 Å². The third-order valence-electron chi connectivity index (χ3n) is 6.72. The van der Waals surface area contributed by atoms with E-state index in [1.54, 1.807) is 26.0 Å². The number of fused-ring (bicyclic) bond motifs is 1. The van der Waals surface area contributed by atoms with E-state index in [0.717, 1.165) is 35.1 Å². The van der Waals surface area contributed by atoms with Gasteiger partial charge in [0.1, 0.15) is 0 Å². The molecule has 1 N–H and O–H groups in total. The van der Waals surface area contributed by atoms with Crippen LogP contribution in [0.4, 0.5) is 5.69 Å². The normalized spacial score (nSPS) is 15.9. The lowest BCUT2D eigenvalue weighted by Crippen LogP contribution is -2.27. The van der Waals surface area contributed by atoms with Gasteiger partial charge >= 0.3 is 0 Å². The molecule has 3 aromatic rings. The highest BCUT2D eigenvalue weighted by Gasteiger charge is 2.51. The molecule has 0 spiro atoms. The van der Waals surface area contributed by atoms with Crippen LogP contribution in [0.1, 0.15) is 37.8 Å². The molecule has 1 aliphatic carbocycles. The fourth-order valence-corrected chi connectivity index (χ4v) is 5.38. The number of carbonyl (C=O) groups is 1. The number of rotatable bonds is 6. The predicted octanol–water partition coefficient (Wildman–Crippen LogP) is 5.24. The largest absolute Gasteiger partial charge is 0.454 e. The third kappa shape index (κ3) is 3.84. The lowest BCUT2D eigenvalue weighted by atomic mass is 9.94. The first kappa shape index (κ1) is 22.5. The van der Waals surface area contributed by atoms with Crippen LogP contribution in [0.5, 0.6) is 11.5 Å². The van der Waals surface area contributed by atoms with Crippen LogP contribution in [-0.4, -0.2) is 26.4 Å². The molecule has 0 aromatic heterocycles. The molecule has 1 fully saturated rings. The van der Waals surface area contributed by atoms with Crippen molar-refractivity contribution in [3.8, 4) is 22.6 Å². The Hall–Kier alpha value is -3.32. The Bertz CT molecular complexity index is 1370. The number of ether oxygens (including phenoxy) is 2. The molecule has 0 bridgehead atoms. The smallest absolute Gasteiger partial charge is 0.235 e. The average molecular weight is 478 g/mol. The molecule has 0 unspecified atom stereocenters. The molecule has 7 heteroatoms. The first-order valence-corrected chi connectivity index (χ1v) is 12.9. The summed E-state index contributed by atoms with van der Waals surface area (Å²) in [5.74, 6) is 1.34. The molecular formula is C27H27NO5S. The third-order valence-corrected chi connectivity index (χ3v) is 8.89. The van der Waals surface area contributed by atoms with Gasteiger partial charge in [0.25, 0.3) is 0 Å². The SMILES string of the molecule is Cc1ccc(NC(=O)C2(c3ccc4c(c3)OCO4)CC2)cc1-c1ccc(S(=O)(=O)C(C)C)cc1. The first-order valence-electron chi connectivity index (χ1n) is 11.4. The first-order chi connectivity index (χ1) is 16.2. The monoisotopic (exact) mass is 477 g/mol. The number of anilines is 1. The average Bonchev–Trinajstić information content (AvgIpc) is 3.51. The van der Waals surface area contributed by atoms with E-state index in [-0.39, 0.29) is 12.7 Å². The molecule has 3 aromatic carbocycles. The quantitative estimate of drug-likeness (QED) is 0.525. The number of aryl methyl sites for hydroxylation is 1. The van der Waals surface area contributed by atoms with E-state index in [2.05, 4.69) is 5.32 Å².